The number of amides is 1. The largest absolute Gasteiger partial charge is 0.356 e. The minimum absolute atomic E-state index is 0.00172. The third kappa shape index (κ3) is 4.45. The lowest BCUT2D eigenvalue weighted by atomic mass is 9.81. The van der Waals surface area contributed by atoms with Crippen LogP contribution in [0.4, 0.5) is 0 Å². The highest BCUT2D eigenvalue weighted by Crippen LogP contribution is 2.27. The first-order valence-electron chi connectivity index (χ1n) is 7.06. The molecule has 2 N–H and O–H groups in total. The van der Waals surface area contributed by atoms with Gasteiger partial charge in [0.05, 0.1) is 11.5 Å². The van der Waals surface area contributed by atoms with Crippen LogP contribution < -0.4 is 10.6 Å². The zero-order valence-corrected chi connectivity index (χ0v) is 12.4. The fourth-order valence-electron chi connectivity index (χ4n) is 2.89. The summed E-state index contributed by atoms with van der Waals surface area (Å²) in [5, 5.41) is 6.30. The molecule has 5 nitrogen and oxygen atoms in total. The van der Waals surface area contributed by atoms with E-state index in [2.05, 4.69) is 17.6 Å². The van der Waals surface area contributed by atoms with Crippen molar-refractivity contribution < 1.29 is 13.2 Å². The number of hydrogen-bond donors (Lipinski definition) is 2. The van der Waals surface area contributed by atoms with E-state index in [1.807, 2.05) is 0 Å². The molecule has 1 amide bonds. The van der Waals surface area contributed by atoms with Crippen LogP contribution in [-0.2, 0) is 14.6 Å². The van der Waals surface area contributed by atoms with Crippen LogP contribution in [0, 0.1) is 11.3 Å². The van der Waals surface area contributed by atoms with Crippen LogP contribution in [0.15, 0.2) is 0 Å². The van der Waals surface area contributed by atoms with Gasteiger partial charge in [0.2, 0.25) is 5.91 Å². The predicted octanol–water partition coefficient (Wildman–Crippen LogP) is 0.317. The average molecular weight is 288 g/mol. The minimum atomic E-state index is -2.88. The Labute approximate surface area is 115 Å². The highest BCUT2D eigenvalue weighted by atomic mass is 32.2. The molecule has 1 unspecified atom stereocenters. The van der Waals surface area contributed by atoms with Crippen LogP contribution in [0.3, 0.4) is 0 Å². The van der Waals surface area contributed by atoms with E-state index in [9.17, 15) is 13.2 Å². The minimum Gasteiger partial charge on any atom is -0.356 e. The Hall–Kier alpha value is -0.620. The standard InChI is InChI=1S/C13H24N2O3S/c1-13(3-5-14-6-4-13)10-15-12(16)8-11-2-7-19(17,18)9-11/h11,14H,2-10H2,1H3,(H,15,16). The molecular formula is C13H24N2O3S. The van der Waals surface area contributed by atoms with E-state index in [1.54, 1.807) is 0 Å². The van der Waals surface area contributed by atoms with Gasteiger partial charge in [-0.2, -0.15) is 0 Å². The molecule has 2 fully saturated rings. The summed E-state index contributed by atoms with van der Waals surface area (Å²) in [5.41, 5.74) is 0.183. The molecule has 0 aromatic carbocycles. The molecule has 2 aliphatic rings. The summed E-state index contributed by atoms with van der Waals surface area (Å²) in [5.74, 6) is 0.448. The molecular weight excluding hydrogens is 264 g/mol. The van der Waals surface area contributed by atoms with Crippen molar-refractivity contribution in [3.63, 3.8) is 0 Å². The second kappa shape index (κ2) is 5.79. The number of piperidine rings is 1. The first-order valence-corrected chi connectivity index (χ1v) is 8.89. The molecule has 2 saturated heterocycles. The maximum atomic E-state index is 11.9. The van der Waals surface area contributed by atoms with Gasteiger partial charge in [-0.25, -0.2) is 8.42 Å². The van der Waals surface area contributed by atoms with Crippen LogP contribution in [-0.4, -0.2) is 45.5 Å². The van der Waals surface area contributed by atoms with Crippen molar-refractivity contribution in [1.29, 1.82) is 0 Å². The molecule has 2 aliphatic heterocycles. The van der Waals surface area contributed by atoms with Gasteiger partial charge in [0.1, 0.15) is 0 Å². The van der Waals surface area contributed by atoms with E-state index >= 15 is 0 Å². The normalized spacial score (nSPS) is 29.0. The first kappa shape index (κ1) is 14.8. The highest BCUT2D eigenvalue weighted by Gasteiger charge is 2.31. The molecule has 2 rings (SSSR count). The monoisotopic (exact) mass is 288 g/mol. The lowest BCUT2D eigenvalue weighted by Gasteiger charge is -2.34. The van der Waals surface area contributed by atoms with Crippen molar-refractivity contribution in [3.05, 3.63) is 0 Å². The van der Waals surface area contributed by atoms with Crippen molar-refractivity contribution in [3.8, 4) is 0 Å². The third-order valence-electron chi connectivity index (χ3n) is 4.32. The zero-order valence-electron chi connectivity index (χ0n) is 11.6. The Morgan fingerprint density at radius 3 is 2.63 bits per heavy atom. The molecule has 6 heteroatoms. The number of sulfone groups is 1. The molecule has 19 heavy (non-hydrogen) atoms. The molecule has 0 spiro atoms. The molecule has 0 aromatic heterocycles. The molecule has 0 saturated carbocycles. The lowest BCUT2D eigenvalue weighted by molar-refractivity contribution is -0.122. The van der Waals surface area contributed by atoms with Crippen LogP contribution in [0.1, 0.15) is 32.6 Å². The number of nitrogens with one attached hydrogen (secondary N) is 2. The van der Waals surface area contributed by atoms with Crippen molar-refractivity contribution >= 4 is 15.7 Å². The molecule has 2 heterocycles. The first-order chi connectivity index (χ1) is 8.89. The summed E-state index contributed by atoms with van der Waals surface area (Å²) in [4.78, 5) is 11.9. The fraction of sp³-hybridized carbons (Fsp3) is 0.923. The average Bonchev–Trinajstić information content (AvgIpc) is 2.67. The van der Waals surface area contributed by atoms with Crippen molar-refractivity contribution in [1.82, 2.24) is 10.6 Å². The molecule has 0 bridgehead atoms. The molecule has 1 atom stereocenters. The smallest absolute Gasteiger partial charge is 0.220 e. The number of carbonyl (C=O) groups excluding carboxylic acids is 1. The van der Waals surface area contributed by atoms with Crippen molar-refractivity contribution in [2.45, 2.75) is 32.6 Å². The maximum absolute atomic E-state index is 11.9. The van der Waals surface area contributed by atoms with E-state index in [1.165, 1.54) is 0 Å². The summed E-state index contributed by atoms with van der Waals surface area (Å²) in [6.07, 6.45) is 3.14. The Balaban J connectivity index is 1.73. The van der Waals surface area contributed by atoms with Gasteiger partial charge in [-0.15, -0.1) is 0 Å². The Kier molecular flexibility index (Phi) is 4.50. The lowest BCUT2D eigenvalue weighted by Crippen LogP contribution is -2.43. The molecule has 0 radical (unpaired) electrons. The second-order valence-electron chi connectivity index (χ2n) is 6.31. The van der Waals surface area contributed by atoms with Crippen LogP contribution in [0.2, 0.25) is 0 Å². The predicted molar refractivity (Wildman–Crippen MR) is 74.6 cm³/mol. The SMILES string of the molecule is CC1(CNC(=O)CC2CCS(=O)(=O)C2)CCNCC1. The van der Waals surface area contributed by atoms with E-state index in [0.717, 1.165) is 25.9 Å². The van der Waals surface area contributed by atoms with Gasteiger partial charge in [0, 0.05) is 13.0 Å². The third-order valence-corrected chi connectivity index (χ3v) is 6.16. The summed E-state index contributed by atoms with van der Waals surface area (Å²) < 4.78 is 22.7. The van der Waals surface area contributed by atoms with E-state index in [-0.39, 0.29) is 28.7 Å². The van der Waals surface area contributed by atoms with Crippen LogP contribution in [0.5, 0.6) is 0 Å². The maximum Gasteiger partial charge on any atom is 0.220 e. The van der Waals surface area contributed by atoms with Gasteiger partial charge >= 0.3 is 0 Å². The Bertz CT molecular complexity index is 427. The number of hydrogen-bond acceptors (Lipinski definition) is 4. The summed E-state index contributed by atoms with van der Waals surface area (Å²) in [7, 11) is -2.88. The second-order valence-corrected chi connectivity index (χ2v) is 8.54. The van der Waals surface area contributed by atoms with E-state index < -0.39 is 9.84 Å². The molecule has 110 valence electrons. The quantitative estimate of drug-likeness (QED) is 0.781. The molecule has 0 aliphatic carbocycles. The van der Waals surface area contributed by atoms with Gasteiger partial charge < -0.3 is 10.6 Å². The van der Waals surface area contributed by atoms with Gasteiger partial charge in [-0.05, 0) is 43.7 Å². The van der Waals surface area contributed by atoms with Gasteiger partial charge in [-0.1, -0.05) is 6.92 Å². The fourth-order valence-corrected chi connectivity index (χ4v) is 4.75. The van der Waals surface area contributed by atoms with Crippen LogP contribution in [0.25, 0.3) is 0 Å². The topological polar surface area (TPSA) is 75.3 Å². The zero-order chi connectivity index (χ0) is 13.9. The van der Waals surface area contributed by atoms with Crippen molar-refractivity contribution in [2.24, 2.45) is 11.3 Å². The van der Waals surface area contributed by atoms with E-state index in [4.69, 9.17) is 0 Å². The number of rotatable bonds is 4. The van der Waals surface area contributed by atoms with Gasteiger partial charge in [0.15, 0.2) is 9.84 Å². The van der Waals surface area contributed by atoms with Gasteiger partial charge in [-0.3, -0.25) is 4.79 Å². The van der Waals surface area contributed by atoms with E-state index in [0.29, 0.717) is 19.4 Å². The van der Waals surface area contributed by atoms with Crippen LogP contribution >= 0.6 is 0 Å². The summed E-state index contributed by atoms with van der Waals surface area (Å²) in [6.45, 7) is 4.92. The number of carbonyl (C=O) groups is 1. The Morgan fingerprint density at radius 1 is 1.37 bits per heavy atom. The molecule has 0 aromatic rings. The highest BCUT2D eigenvalue weighted by molar-refractivity contribution is 7.91. The van der Waals surface area contributed by atoms with Gasteiger partial charge in [0.25, 0.3) is 0 Å². The Morgan fingerprint density at radius 2 is 2.05 bits per heavy atom. The van der Waals surface area contributed by atoms with Crippen molar-refractivity contribution in [2.75, 3.05) is 31.1 Å². The summed E-state index contributed by atoms with van der Waals surface area (Å²) >= 11 is 0. The summed E-state index contributed by atoms with van der Waals surface area (Å²) in [6, 6.07) is 0.